The fourth-order valence-corrected chi connectivity index (χ4v) is 2.90. The molecule has 0 spiro atoms. The van der Waals surface area contributed by atoms with Gasteiger partial charge in [0, 0.05) is 6.04 Å². The van der Waals surface area contributed by atoms with Crippen LogP contribution in [-0.4, -0.2) is 37.1 Å². The summed E-state index contributed by atoms with van der Waals surface area (Å²) in [4.78, 5) is 2.66. The minimum atomic E-state index is 0.804. The number of nitrogens with one attached hydrogen (secondary N) is 1. The number of benzene rings is 1. The van der Waals surface area contributed by atoms with Crippen molar-refractivity contribution >= 4 is 0 Å². The topological polar surface area (TPSA) is 15.3 Å². The highest BCUT2D eigenvalue weighted by Gasteiger charge is 2.16. The van der Waals surface area contributed by atoms with Gasteiger partial charge in [0.25, 0.3) is 0 Å². The number of rotatable bonds is 7. The van der Waals surface area contributed by atoms with Gasteiger partial charge < -0.3 is 10.2 Å². The molecule has 0 amide bonds. The van der Waals surface area contributed by atoms with Crippen molar-refractivity contribution in [3.05, 3.63) is 35.9 Å². The van der Waals surface area contributed by atoms with E-state index in [2.05, 4.69) is 47.5 Å². The number of piperidine rings is 1. The summed E-state index contributed by atoms with van der Waals surface area (Å²) in [5, 5.41) is 3.56. The minimum Gasteiger partial charge on any atom is -0.316 e. The minimum absolute atomic E-state index is 0.804. The van der Waals surface area contributed by atoms with Crippen LogP contribution in [0.3, 0.4) is 0 Å². The lowest BCUT2D eigenvalue weighted by atomic mass is 10.0. The standard InChI is InChI=1S/C17H28N2/c1-16-8-5-6-14-19(16)15-7-12-18-13-11-17-9-3-2-4-10-17/h2-4,9-10,16,18H,5-8,11-15H2,1H3. The van der Waals surface area contributed by atoms with Gasteiger partial charge in [-0.3, -0.25) is 0 Å². The first kappa shape index (κ1) is 14.5. The normalized spacial score (nSPS) is 20.6. The molecule has 1 heterocycles. The Morgan fingerprint density at radius 3 is 2.79 bits per heavy atom. The average Bonchev–Trinajstić information content (AvgIpc) is 2.45. The molecule has 2 nitrogen and oxygen atoms in total. The Labute approximate surface area is 118 Å². The highest BCUT2D eigenvalue weighted by atomic mass is 15.2. The van der Waals surface area contributed by atoms with Gasteiger partial charge in [0.1, 0.15) is 0 Å². The molecule has 1 N–H and O–H groups in total. The molecule has 1 fully saturated rings. The summed E-state index contributed by atoms with van der Waals surface area (Å²) in [5.74, 6) is 0. The summed E-state index contributed by atoms with van der Waals surface area (Å²) in [6.07, 6.45) is 6.63. The van der Waals surface area contributed by atoms with Gasteiger partial charge in [-0.15, -0.1) is 0 Å². The van der Waals surface area contributed by atoms with Gasteiger partial charge in [-0.25, -0.2) is 0 Å². The second kappa shape index (κ2) is 8.34. The van der Waals surface area contributed by atoms with Gasteiger partial charge in [-0.1, -0.05) is 36.8 Å². The third-order valence-electron chi connectivity index (χ3n) is 4.17. The van der Waals surface area contributed by atoms with Gasteiger partial charge in [0.2, 0.25) is 0 Å². The summed E-state index contributed by atoms with van der Waals surface area (Å²) in [6.45, 7) is 7.20. The number of nitrogens with zero attached hydrogens (tertiary/aromatic N) is 1. The van der Waals surface area contributed by atoms with Gasteiger partial charge in [-0.05, 0) is 64.3 Å². The van der Waals surface area contributed by atoms with Gasteiger partial charge >= 0.3 is 0 Å². The van der Waals surface area contributed by atoms with Crippen molar-refractivity contribution in [3.8, 4) is 0 Å². The Hall–Kier alpha value is -0.860. The highest BCUT2D eigenvalue weighted by Crippen LogP contribution is 2.15. The van der Waals surface area contributed by atoms with Crippen molar-refractivity contribution in [2.75, 3.05) is 26.2 Å². The van der Waals surface area contributed by atoms with Crippen LogP contribution in [0, 0.1) is 0 Å². The van der Waals surface area contributed by atoms with Crippen LogP contribution in [0.5, 0.6) is 0 Å². The fraction of sp³-hybridized carbons (Fsp3) is 0.647. The molecule has 0 saturated carbocycles. The Morgan fingerprint density at radius 1 is 1.16 bits per heavy atom. The first-order valence-corrected chi connectivity index (χ1v) is 7.85. The summed E-state index contributed by atoms with van der Waals surface area (Å²) in [5.41, 5.74) is 1.43. The molecule has 1 atom stereocenters. The van der Waals surface area contributed by atoms with E-state index in [1.165, 1.54) is 44.3 Å². The molecule has 19 heavy (non-hydrogen) atoms. The van der Waals surface area contributed by atoms with Crippen molar-refractivity contribution < 1.29 is 0 Å². The smallest absolute Gasteiger partial charge is 0.00669 e. The Balaban J connectivity index is 1.50. The SMILES string of the molecule is CC1CCCCN1CCCNCCc1ccccc1. The van der Waals surface area contributed by atoms with E-state index in [0.29, 0.717) is 0 Å². The van der Waals surface area contributed by atoms with E-state index in [1.54, 1.807) is 0 Å². The lowest BCUT2D eigenvalue weighted by molar-refractivity contribution is 0.159. The van der Waals surface area contributed by atoms with Crippen LogP contribution in [-0.2, 0) is 6.42 Å². The third-order valence-corrected chi connectivity index (χ3v) is 4.17. The Bertz CT molecular complexity index is 336. The zero-order chi connectivity index (χ0) is 13.3. The molecule has 2 heteroatoms. The fourth-order valence-electron chi connectivity index (χ4n) is 2.90. The second-order valence-corrected chi connectivity index (χ2v) is 5.72. The number of hydrogen-bond acceptors (Lipinski definition) is 2. The largest absolute Gasteiger partial charge is 0.316 e. The molecule has 0 radical (unpaired) electrons. The third kappa shape index (κ3) is 5.33. The lowest BCUT2D eigenvalue weighted by Gasteiger charge is -2.33. The maximum absolute atomic E-state index is 3.56. The van der Waals surface area contributed by atoms with E-state index in [9.17, 15) is 0 Å². The van der Waals surface area contributed by atoms with Crippen LogP contribution in [0.15, 0.2) is 30.3 Å². The van der Waals surface area contributed by atoms with E-state index >= 15 is 0 Å². The van der Waals surface area contributed by atoms with Crippen molar-refractivity contribution in [1.82, 2.24) is 10.2 Å². The molecule has 1 aliphatic heterocycles. The summed E-state index contributed by atoms with van der Waals surface area (Å²) in [6, 6.07) is 11.5. The van der Waals surface area contributed by atoms with Gasteiger partial charge in [-0.2, -0.15) is 0 Å². The Morgan fingerprint density at radius 2 is 2.00 bits per heavy atom. The molecule has 1 unspecified atom stereocenters. The maximum atomic E-state index is 3.56. The predicted molar refractivity (Wildman–Crippen MR) is 82.5 cm³/mol. The molecule has 0 aromatic heterocycles. The van der Waals surface area contributed by atoms with Crippen LogP contribution in [0.25, 0.3) is 0 Å². The van der Waals surface area contributed by atoms with Crippen LogP contribution < -0.4 is 5.32 Å². The zero-order valence-electron chi connectivity index (χ0n) is 12.3. The van der Waals surface area contributed by atoms with Gasteiger partial charge in [0.15, 0.2) is 0 Å². The second-order valence-electron chi connectivity index (χ2n) is 5.72. The van der Waals surface area contributed by atoms with Crippen molar-refractivity contribution in [3.63, 3.8) is 0 Å². The first-order chi connectivity index (χ1) is 9.36. The number of hydrogen-bond donors (Lipinski definition) is 1. The first-order valence-electron chi connectivity index (χ1n) is 7.85. The van der Waals surface area contributed by atoms with E-state index in [-0.39, 0.29) is 0 Å². The van der Waals surface area contributed by atoms with Crippen molar-refractivity contribution in [2.24, 2.45) is 0 Å². The van der Waals surface area contributed by atoms with E-state index < -0.39 is 0 Å². The summed E-state index contributed by atoms with van der Waals surface area (Å²) < 4.78 is 0. The molecule has 1 aromatic carbocycles. The number of likely N-dealkylation sites (tertiary alicyclic amines) is 1. The highest BCUT2D eigenvalue weighted by molar-refractivity contribution is 5.14. The zero-order valence-corrected chi connectivity index (χ0v) is 12.3. The van der Waals surface area contributed by atoms with E-state index in [0.717, 1.165) is 25.6 Å². The molecule has 1 saturated heterocycles. The average molecular weight is 260 g/mol. The van der Waals surface area contributed by atoms with E-state index in [1.807, 2.05) is 0 Å². The van der Waals surface area contributed by atoms with Crippen LogP contribution >= 0.6 is 0 Å². The van der Waals surface area contributed by atoms with Gasteiger partial charge in [0.05, 0.1) is 0 Å². The van der Waals surface area contributed by atoms with Crippen LogP contribution in [0.4, 0.5) is 0 Å². The lowest BCUT2D eigenvalue weighted by Crippen LogP contribution is -2.39. The maximum Gasteiger partial charge on any atom is 0.00669 e. The molecule has 1 aliphatic rings. The van der Waals surface area contributed by atoms with Crippen molar-refractivity contribution in [2.45, 2.75) is 45.1 Å². The monoisotopic (exact) mass is 260 g/mol. The van der Waals surface area contributed by atoms with Crippen molar-refractivity contribution in [1.29, 1.82) is 0 Å². The molecule has 0 aliphatic carbocycles. The molecule has 1 aromatic rings. The summed E-state index contributed by atoms with van der Waals surface area (Å²) in [7, 11) is 0. The molecule has 0 bridgehead atoms. The molecular formula is C17H28N2. The van der Waals surface area contributed by atoms with E-state index in [4.69, 9.17) is 0 Å². The Kier molecular flexibility index (Phi) is 6.38. The van der Waals surface area contributed by atoms with Crippen LogP contribution in [0.2, 0.25) is 0 Å². The molecular weight excluding hydrogens is 232 g/mol. The summed E-state index contributed by atoms with van der Waals surface area (Å²) >= 11 is 0. The quantitative estimate of drug-likeness (QED) is 0.758. The molecule has 2 rings (SSSR count). The molecule has 106 valence electrons. The predicted octanol–water partition coefficient (Wildman–Crippen LogP) is 3.08. The van der Waals surface area contributed by atoms with Crippen LogP contribution in [0.1, 0.15) is 38.2 Å².